The fraction of sp³-hybridized carbons (Fsp3) is 0.214. The molecule has 0 radical (unpaired) electrons. The molecule has 1 atom stereocenters. The second kappa shape index (κ2) is 8.73. The molecular formula is C28H25F3N2O2. The van der Waals surface area contributed by atoms with Crippen LogP contribution in [-0.2, 0) is 21.3 Å². The van der Waals surface area contributed by atoms with Gasteiger partial charge in [0.1, 0.15) is 0 Å². The third-order valence-electron chi connectivity index (χ3n) is 5.89. The Morgan fingerprint density at radius 2 is 1.34 bits per heavy atom. The second-order valence-corrected chi connectivity index (χ2v) is 9.40. The quantitative estimate of drug-likeness (QED) is 0.356. The fourth-order valence-electron chi connectivity index (χ4n) is 4.27. The molecule has 0 unspecified atom stereocenters. The summed E-state index contributed by atoms with van der Waals surface area (Å²) in [6.45, 7) is 5.23. The maximum atomic E-state index is 14.2. The van der Waals surface area contributed by atoms with E-state index in [1.165, 1.54) is 17.0 Å². The second-order valence-electron chi connectivity index (χ2n) is 9.40. The molecule has 0 bridgehead atoms. The van der Waals surface area contributed by atoms with Crippen molar-refractivity contribution in [2.75, 3.05) is 5.32 Å². The molecular weight excluding hydrogens is 453 g/mol. The number of nitrogens with zero attached hydrogens (tertiary/aromatic N) is 1. The van der Waals surface area contributed by atoms with Crippen molar-refractivity contribution in [3.05, 3.63) is 107 Å². The molecule has 0 saturated carbocycles. The van der Waals surface area contributed by atoms with Crippen LogP contribution in [0.4, 0.5) is 18.9 Å². The number of nitrogens with one attached hydrogen (secondary N) is 1. The molecule has 3 aromatic rings. The summed E-state index contributed by atoms with van der Waals surface area (Å²) in [5.74, 6) is -1.06. The van der Waals surface area contributed by atoms with Crippen molar-refractivity contribution in [1.82, 2.24) is 4.90 Å². The summed E-state index contributed by atoms with van der Waals surface area (Å²) in [5, 5.41) is 3.22. The number of amides is 2. The molecule has 2 amide bonds. The van der Waals surface area contributed by atoms with Crippen LogP contribution in [-0.4, -0.2) is 22.3 Å². The molecule has 0 spiro atoms. The van der Waals surface area contributed by atoms with Crippen LogP contribution in [0.25, 0.3) is 6.08 Å². The number of para-hydroxylation sites is 1. The zero-order valence-corrected chi connectivity index (χ0v) is 19.6. The van der Waals surface area contributed by atoms with E-state index >= 15 is 0 Å². The van der Waals surface area contributed by atoms with Crippen LogP contribution in [0.1, 0.15) is 37.5 Å². The van der Waals surface area contributed by atoms with Crippen LogP contribution in [0.2, 0.25) is 0 Å². The van der Waals surface area contributed by atoms with Gasteiger partial charge in [0.05, 0.1) is 11.1 Å². The molecule has 1 aliphatic rings. The molecule has 3 aromatic carbocycles. The average molecular weight is 479 g/mol. The van der Waals surface area contributed by atoms with E-state index in [1.807, 2.05) is 6.07 Å². The SMILES string of the molecule is CC(C)(C)N1C(=O)/C(=C/c2ccccc2)[C@](Nc2ccccc2)(c2ccc(C(F)(F)F)cc2)C1=O. The molecule has 4 nitrogen and oxygen atoms in total. The smallest absolute Gasteiger partial charge is 0.364 e. The molecule has 0 aliphatic carbocycles. The van der Waals surface area contributed by atoms with E-state index in [2.05, 4.69) is 5.32 Å². The first-order chi connectivity index (χ1) is 16.4. The highest BCUT2D eigenvalue weighted by molar-refractivity contribution is 6.23. The van der Waals surface area contributed by atoms with Crippen LogP contribution >= 0.6 is 0 Å². The van der Waals surface area contributed by atoms with Gasteiger partial charge in [0.2, 0.25) is 0 Å². The minimum Gasteiger partial charge on any atom is -0.364 e. The Kier molecular flexibility index (Phi) is 6.05. The summed E-state index contributed by atoms with van der Waals surface area (Å²) < 4.78 is 39.9. The minimum atomic E-state index is -4.53. The van der Waals surface area contributed by atoms with Crippen molar-refractivity contribution >= 4 is 23.6 Å². The highest BCUT2D eigenvalue weighted by Gasteiger charge is 2.59. The monoisotopic (exact) mass is 478 g/mol. The van der Waals surface area contributed by atoms with E-state index in [0.717, 1.165) is 12.1 Å². The molecule has 7 heteroatoms. The van der Waals surface area contributed by atoms with Crippen molar-refractivity contribution in [3.63, 3.8) is 0 Å². The van der Waals surface area contributed by atoms with E-state index in [9.17, 15) is 22.8 Å². The first-order valence-electron chi connectivity index (χ1n) is 11.1. The molecule has 1 heterocycles. The summed E-state index contributed by atoms with van der Waals surface area (Å²) in [6.07, 6.45) is -2.91. The number of hydrogen-bond acceptors (Lipinski definition) is 3. The van der Waals surface area contributed by atoms with E-state index < -0.39 is 34.6 Å². The van der Waals surface area contributed by atoms with Crippen LogP contribution < -0.4 is 5.32 Å². The third kappa shape index (κ3) is 4.46. The Morgan fingerprint density at radius 3 is 1.86 bits per heavy atom. The number of hydrogen-bond donors (Lipinski definition) is 1. The average Bonchev–Trinajstić information content (AvgIpc) is 3.01. The predicted molar refractivity (Wildman–Crippen MR) is 129 cm³/mol. The molecule has 0 aromatic heterocycles. The first-order valence-corrected chi connectivity index (χ1v) is 11.1. The number of imide groups is 1. The number of likely N-dealkylation sites (tertiary alicyclic amines) is 1. The lowest BCUT2D eigenvalue weighted by atomic mass is 9.82. The number of alkyl halides is 3. The normalized spacial score (nSPS) is 19.9. The minimum absolute atomic E-state index is 0.132. The summed E-state index contributed by atoms with van der Waals surface area (Å²) >= 11 is 0. The fourth-order valence-corrected chi connectivity index (χ4v) is 4.27. The van der Waals surface area contributed by atoms with Gasteiger partial charge in [-0.1, -0.05) is 60.7 Å². The maximum absolute atomic E-state index is 14.2. The Morgan fingerprint density at radius 1 is 0.800 bits per heavy atom. The summed E-state index contributed by atoms with van der Waals surface area (Å²) in [5.41, 5.74) is -1.83. The van der Waals surface area contributed by atoms with Gasteiger partial charge in [-0.05, 0) is 62.2 Å². The lowest BCUT2D eigenvalue weighted by Gasteiger charge is -2.34. The molecule has 1 fully saturated rings. The molecule has 4 rings (SSSR count). The summed E-state index contributed by atoms with van der Waals surface area (Å²) in [4.78, 5) is 29.1. The van der Waals surface area contributed by atoms with Crippen LogP contribution in [0, 0.1) is 0 Å². The van der Waals surface area contributed by atoms with E-state index in [1.54, 1.807) is 81.4 Å². The Labute approximate surface area is 202 Å². The summed E-state index contributed by atoms with van der Waals surface area (Å²) in [6, 6.07) is 22.2. The zero-order valence-electron chi connectivity index (χ0n) is 19.6. The lowest BCUT2D eigenvalue weighted by Crippen LogP contribution is -2.50. The van der Waals surface area contributed by atoms with Gasteiger partial charge in [-0.15, -0.1) is 0 Å². The van der Waals surface area contributed by atoms with E-state index in [-0.39, 0.29) is 11.1 Å². The van der Waals surface area contributed by atoms with Crippen molar-refractivity contribution in [3.8, 4) is 0 Å². The van der Waals surface area contributed by atoms with E-state index in [0.29, 0.717) is 11.3 Å². The van der Waals surface area contributed by atoms with Gasteiger partial charge in [-0.25, -0.2) is 0 Å². The van der Waals surface area contributed by atoms with E-state index in [4.69, 9.17) is 0 Å². The van der Waals surface area contributed by atoms with Gasteiger partial charge in [0, 0.05) is 11.2 Å². The Bertz CT molecular complexity index is 1260. The number of carbonyl (C=O) groups is 2. The molecule has 1 N–H and O–H groups in total. The maximum Gasteiger partial charge on any atom is 0.416 e. The highest BCUT2D eigenvalue weighted by Crippen LogP contribution is 2.45. The van der Waals surface area contributed by atoms with Gasteiger partial charge in [-0.2, -0.15) is 13.2 Å². The van der Waals surface area contributed by atoms with Gasteiger partial charge in [-0.3, -0.25) is 14.5 Å². The van der Waals surface area contributed by atoms with Crippen LogP contribution in [0.5, 0.6) is 0 Å². The van der Waals surface area contributed by atoms with Crippen molar-refractivity contribution < 1.29 is 22.8 Å². The number of halogens is 3. The molecule has 35 heavy (non-hydrogen) atoms. The standard InChI is InChI=1S/C28H25F3N2O2/c1-26(2,3)33-24(34)23(18-19-10-6-4-7-11-19)27(25(33)35,32-22-12-8-5-9-13-22)20-14-16-21(17-15-20)28(29,30)31/h4-18,32H,1-3H3/b23-18-/t27-/m1/s1. The molecule has 1 saturated heterocycles. The van der Waals surface area contributed by atoms with Gasteiger partial charge in [0.15, 0.2) is 5.54 Å². The topological polar surface area (TPSA) is 49.4 Å². The number of benzene rings is 3. The Balaban J connectivity index is 2.01. The number of rotatable bonds is 4. The Hall–Kier alpha value is -3.87. The van der Waals surface area contributed by atoms with Gasteiger partial charge in [0.25, 0.3) is 11.8 Å². The lowest BCUT2D eigenvalue weighted by molar-refractivity contribution is -0.144. The van der Waals surface area contributed by atoms with Gasteiger partial charge >= 0.3 is 6.18 Å². The van der Waals surface area contributed by atoms with Crippen molar-refractivity contribution in [2.45, 2.75) is 38.0 Å². The first kappa shape index (κ1) is 24.3. The van der Waals surface area contributed by atoms with Crippen molar-refractivity contribution in [2.24, 2.45) is 0 Å². The number of anilines is 1. The highest BCUT2D eigenvalue weighted by atomic mass is 19.4. The molecule has 180 valence electrons. The predicted octanol–water partition coefficient (Wildman–Crippen LogP) is 6.26. The molecule has 1 aliphatic heterocycles. The van der Waals surface area contributed by atoms with Crippen molar-refractivity contribution in [1.29, 1.82) is 0 Å². The van der Waals surface area contributed by atoms with Gasteiger partial charge < -0.3 is 5.32 Å². The van der Waals surface area contributed by atoms with Crippen LogP contribution in [0.15, 0.2) is 90.5 Å². The summed E-state index contributed by atoms with van der Waals surface area (Å²) in [7, 11) is 0. The number of carbonyl (C=O) groups excluding carboxylic acids is 2. The zero-order chi connectivity index (χ0) is 25.4. The van der Waals surface area contributed by atoms with Crippen LogP contribution in [0.3, 0.4) is 0 Å². The largest absolute Gasteiger partial charge is 0.416 e. The third-order valence-corrected chi connectivity index (χ3v) is 5.89.